The lowest BCUT2D eigenvalue weighted by Crippen LogP contribution is -2.48. The molecule has 0 spiro atoms. The van der Waals surface area contributed by atoms with Crippen molar-refractivity contribution >= 4 is 23.5 Å². The van der Waals surface area contributed by atoms with E-state index in [-0.39, 0.29) is 22.1 Å². The van der Waals surface area contributed by atoms with Gasteiger partial charge in [-0.25, -0.2) is 4.79 Å². The van der Waals surface area contributed by atoms with Crippen molar-refractivity contribution in [3.8, 4) is 6.07 Å². The van der Waals surface area contributed by atoms with Gasteiger partial charge in [-0.3, -0.25) is 4.90 Å². The Hall–Kier alpha value is -1.67. The summed E-state index contributed by atoms with van der Waals surface area (Å²) >= 11 is 1.71. The lowest BCUT2D eigenvalue weighted by Gasteiger charge is -2.30. The van der Waals surface area contributed by atoms with Crippen molar-refractivity contribution < 1.29 is 4.79 Å². The number of urea groups is 1. The Kier molecular flexibility index (Phi) is 4.95. The number of carbonyl (C=O) groups is 1. The monoisotopic (exact) mass is 331 g/mol. The Morgan fingerprint density at radius 3 is 2.61 bits per heavy atom. The molecule has 1 heterocycles. The molecule has 0 bridgehead atoms. The minimum atomic E-state index is -0.440. The molecular formula is C18H25N3OS. The van der Waals surface area contributed by atoms with Crippen molar-refractivity contribution in [2.75, 3.05) is 5.32 Å². The molecule has 1 aliphatic heterocycles. The number of hydrogen-bond donors (Lipinski definition) is 1. The van der Waals surface area contributed by atoms with E-state index in [1.807, 2.05) is 45.9 Å². The van der Waals surface area contributed by atoms with Crippen LogP contribution in [0.5, 0.6) is 0 Å². The van der Waals surface area contributed by atoms with E-state index in [0.29, 0.717) is 0 Å². The normalized spacial score (nSPS) is 23.0. The van der Waals surface area contributed by atoms with Gasteiger partial charge in [0, 0.05) is 10.4 Å². The van der Waals surface area contributed by atoms with Gasteiger partial charge in [-0.2, -0.15) is 5.26 Å². The molecular weight excluding hydrogens is 306 g/mol. The average Bonchev–Trinajstić information content (AvgIpc) is 2.74. The second kappa shape index (κ2) is 6.45. The van der Waals surface area contributed by atoms with Crippen LogP contribution in [0.4, 0.5) is 10.5 Å². The number of nitrogens with zero attached hydrogens (tertiary/aromatic N) is 2. The number of hydrogen-bond acceptors (Lipinski definition) is 3. The van der Waals surface area contributed by atoms with Crippen LogP contribution >= 0.6 is 11.8 Å². The van der Waals surface area contributed by atoms with Gasteiger partial charge < -0.3 is 5.32 Å². The van der Waals surface area contributed by atoms with E-state index in [9.17, 15) is 10.1 Å². The lowest BCUT2D eigenvalue weighted by atomic mass is 10.0. The van der Waals surface area contributed by atoms with Crippen molar-refractivity contribution in [3.05, 3.63) is 29.3 Å². The number of anilines is 1. The fourth-order valence-corrected chi connectivity index (χ4v) is 4.39. The summed E-state index contributed by atoms with van der Waals surface area (Å²) in [4.78, 5) is 14.6. The maximum Gasteiger partial charge on any atom is 0.323 e. The second-order valence-electron chi connectivity index (χ2n) is 7.04. The SMILES string of the molecule is Cc1ccc(C)c(NC(=O)N2C(C(C)C)SC(C)(C)C2C#N)c1. The molecule has 4 nitrogen and oxygen atoms in total. The molecule has 2 atom stereocenters. The minimum absolute atomic E-state index is 0.000217. The maximum absolute atomic E-state index is 12.9. The number of nitriles is 1. The smallest absolute Gasteiger partial charge is 0.308 e. The summed E-state index contributed by atoms with van der Waals surface area (Å²) in [6.07, 6.45) is 0. The zero-order chi connectivity index (χ0) is 17.4. The number of nitrogens with one attached hydrogen (secondary N) is 1. The highest BCUT2D eigenvalue weighted by atomic mass is 32.2. The molecule has 1 fully saturated rings. The van der Waals surface area contributed by atoms with Gasteiger partial charge in [-0.15, -0.1) is 11.8 Å². The first-order valence-corrected chi connectivity index (χ1v) is 8.79. The number of rotatable bonds is 2. The summed E-state index contributed by atoms with van der Waals surface area (Å²) in [7, 11) is 0. The first kappa shape index (κ1) is 17.7. The van der Waals surface area contributed by atoms with Crippen LogP contribution in [0, 0.1) is 31.1 Å². The summed E-state index contributed by atoms with van der Waals surface area (Å²) in [5.41, 5.74) is 2.92. The fraction of sp³-hybridized carbons (Fsp3) is 0.556. The van der Waals surface area contributed by atoms with Crippen molar-refractivity contribution in [2.24, 2.45) is 5.92 Å². The zero-order valence-corrected chi connectivity index (χ0v) is 15.5. The van der Waals surface area contributed by atoms with Crippen LogP contribution in [-0.4, -0.2) is 27.1 Å². The third-order valence-electron chi connectivity index (χ3n) is 4.20. The molecule has 2 amide bonds. The van der Waals surface area contributed by atoms with Crippen molar-refractivity contribution in [2.45, 2.75) is 57.7 Å². The largest absolute Gasteiger partial charge is 0.323 e. The Labute approximate surface area is 143 Å². The molecule has 0 aliphatic carbocycles. The van der Waals surface area contributed by atoms with Crippen LogP contribution in [-0.2, 0) is 0 Å². The number of thioether (sulfide) groups is 1. The maximum atomic E-state index is 12.9. The second-order valence-corrected chi connectivity index (χ2v) is 8.81. The van der Waals surface area contributed by atoms with Gasteiger partial charge in [0.15, 0.2) is 0 Å². The van der Waals surface area contributed by atoms with Gasteiger partial charge in [0.25, 0.3) is 0 Å². The lowest BCUT2D eigenvalue weighted by molar-refractivity contribution is 0.184. The first-order valence-electron chi connectivity index (χ1n) is 7.91. The van der Waals surface area contributed by atoms with Crippen LogP contribution in [0.3, 0.4) is 0 Å². The summed E-state index contributed by atoms with van der Waals surface area (Å²) in [6, 6.07) is 7.68. The predicted molar refractivity (Wildman–Crippen MR) is 96.5 cm³/mol. The van der Waals surface area contributed by atoms with Crippen LogP contribution in [0.1, 0.15) is 38.8 Å². The number of aryl methyl sites for hydroxylation is 2. The molecule has 1 saturated heterocycles. The molecule has 5 heteroatoms. The van der Waals surface area contributed by atoms with Gasteiger partial charge in [-0.1, -0.05) is 26.0 Å². The topological polar surface area (TPSA) is 56.1 Å². The molecule has 2 unspecified atom stereocenters. The Bertz CT molecular complexity index is 648. The molecule has 23 heavy (non-hydrogen) atoms. The molecule has 1 aromatic rings. The number of carbonyl (C=O) groups excluding carboxylic acids is 1. The summed E-state index contributed by atoms with van der Waals surface area (Å²) < 4.78 is -0.275. The van der Waals surface area contributed by atoms with Crippen LogP contribution < -0.4 is 5.32 Å². The minimum Gasteiger partial charge on any atom is -0.308 e. The van der Waals surface area contributed by atoms with E-state index in [2.05, 4.69) is 25.2 Å². The summed E-state index contributed by atoms with van der Waals surface area (Å²) in [5, 5.41) is 12.6. The van der Waals surface area contributed by atoms with E-state index in [1.165, 1.54) is 0 Å². The average molecular weight is 331 g/mol. The fourth-order valence-electron chi connectivity index (χ4n) is 2.87. The van der Waals surface area contributed by atoms with E-state index in [4.69, 9.17) is 0 Å². The highest BCUT2D eigenvalue weighted by molar-refractivity contribution is 8.01. The standard InChI is InChI=1S/C18H25N3OS/c1-11(2)16-21(15(10-19)18(5,6)23-16)17(22)20-14-9-12(3)7-8-13(14)4/h7-9,11,15-16H,1-6H3,(H,20,22). The van der Waals surface area contributed by atoms with Crippen LogP contribution in [0.25, 0.3) is 0 Å². The van der Waals surface area contributed by atoms with E-state index < -0.39 is 6.04 Å². The summed E-state index contributed by atoms with van der Waals surface area (Å²) in [6.45, 7) is 12.2. The van der Waals surface area contributed by atoms with Gasteiger partial charge in [0.05, 0.1) is 11.4 Å². The van der Waals surface area contributed by atoms with Gasteiger partial charge in [0.1, 0.15) is 6.04 Å². The quantitative estimate of drug-likeness (QED) is 0.865. The highest BCUT2D eigenvalue weighted by Crippen LogP contribution is 2.46. The van der Waals surface area contributed by atoms with Gasteiger partial charge in [0.2, 0.25) is 0 Å². The Balaban J connectivity index is 2.31. The number of benzene rings is 1. The molecule has 1 N–H and O–H groups in total. The Morgan fingerprint density at radius 1 is 1.39 bits per heavy atom. The predicted octanol–water partition coefficient (Wildman–Crippen LogP) is 4.54. The van der Waals surface area contributed by atoms with Gasteiger partial charge >= 0.3 is 6.03 Å². The molecule has 1 aromatic carbocycles. The molecule has 0 aromatic heterocycles. The third-order valence-corrected chi connectivity index (χ3v) is 6.04. The third kappa shape index (κ3) is 3.48. The van der Waals surface area contributed by atoms with E-state index in [1.54, 1.807) is 16.7 Å². The first-order chi connectivity index (χ1) is 10.7. The number of amides is 2. The van der Waals surface area contributed by atoms with Crippen molar-refractivity contribution in [1.82, 2.24) is 4.90 Å². The van der Waals surface area contributed by atoms with Gasteiger partial charge in [-0.05, 0) is 50.8 Å². The highest BCUT2D eigenvalue weighted by Gasteiger charge is 2.50. The molecule has 0 saturated carbocycles. The zero-order valence-electron chi connectivity index (χ0n) is 14.7. The Morgan fingerprint density at radius 2 is 2.04 bits per heavy atom. The van der Waals surface area contributed by atoms with Crippen molar-refractivity contribution in [1.29, 1.82) is 5.26 Å². The molecule has 124 valence electrons. The van der Waals surface area contributed by atoms with Crippen LogP contribution in [0.15, 0.2) is 18.2 Å². The van der Waals surface area contributed by atoms with Crippen molar-refractivity contribution in [3.63, 3.8) is 0 Å². The van der Waals surface area contributed by atoms with E-state index in [0.717, 1.165) is 16.8 Å². The molecule has 0 radical (unpaired) electrons. The summed E-state index contributed by atoms with van der Waals surface area (Å²) in [5.74, 6) is 0.280. The molecule has 1 aliphatic rings. The van der Waals surface area contributed by atoms with Crippen LogP contribution in [0.2, 0.25) is 0 Å². The molecule has 2 rings (SSSR count). The van der Waals surface area contributed by atoms with E-state index >= 15 is 0 Å².